The molecule has 102 valence electrons. The fraction of sp³-hybridized carbons (Fsp3) is 0.154. The Kier molecular flexibility index (Phi) is 3.19. The van der Waals surface area contributed by atoms with Crippen molar-refractivity contribution in [3.63, 3.8) is 0 Å². The minimum absolute atomic E-state index is 0.269. The monoisotopic (exact) mass is 307 g/mol. The van der Waals surface area contributed by atoms with Crippen LogP contribution in [0.1, 0.15) is 25.6 Å². The molecule has 1 aliphatic heterocycles. The minimum atomic E-state index is -0.282. The third-order valence-electron chi connectivity index (χ3n) is 3.10. The highest BCUT2D eigenvalue weighted by Gasteiger charge is 2.34. The van der Waals surface area contributed by atoms with Gasteiger partial charge in [0.05, 0.1) is 17.7 Å². The Morgan fingerprint density at radius 3 is 2.85 bits per heavy atom. The number of benzene rings is 1. The van der Waals surface area contributed by atoms with Crippen molar-refractivity contribution in [3.8, 4) is 0 Å². The second kappa shape index (κ2) is 4.88. The molecule has 0 spiro atoms. The van der Waals surface area contributed by atoms with Crippen molar-refractivity contribution in [3.05, 3.63) is 44.9 Å². The molecular weight excluding hydrogens is 298 g/mol. The van der Waals surface area contributed by atoms with Crippen molar-refractivity contribution in [2.45, 2.75) is 6.54 Å². The molecule has 0 unspecified atom stereocenters. The zero-order valence-electron chi connectivity index (χ0n) is 10.5. The van der Waals surface area contributed by atoms with E-state index in [1.807, 2.05) is 0 Å². The highest BCUT2D eigenvalue weighted by molar-refractivity contribution is 7.15. The molecule has 0 saturated carbocycles. The predicted molar refractivity (Wildman–Crippen MR) is 77.3 cm³/mol. The smallest absolute Gasteiger partial charge is 0.263 e. The van der Waals surface area contributed by atoms with E-state index in [-0.39, 0.29) is 11.8 Å². The predicted octanol–water partition coefficient (Wildman–Crippen LogP) is 2.63. The van der Waals surface area contributed by atoms with Crippen LogP contribution in [0, 0.1) is 0 Å². The van der Waals surface area contributed by atoms with E-state index in [2.05, 4.69) is 10.3 Å². The highest BCUT2D eigenvalue weighted by Crippen LogP contribution is 2.29. The molecule has 2 heterocycles. The zero-order chi connectivity index (χ0) is 14.3. The Hall–Kier alpha value is -1.92. The number of hydrogen-bond acceptors (Lipinski definition) is 5. The Bertz CT molecular complexity index is 713. The summed E-state index contributed by atoms with van der Waals surface area (Å²) in [5.41, 5.74) is 1.51. The van der Waals surface area contributed by atoms with E-state index in [4.69, 9.17) is 11.6 Å². The Morgan fingerprint density at radius 2 is 2.15 bits per heavy atom. The van der Waals surface area contributed by atoms with Gasteiger partial charge in [0.15, 0.2) is 4.47 Å². The van der Waals surface area contributed by atoms with Crippen LogP contribution in [0.4, 0.5) is 5.69 Å². The van der Waals surface area contributed by atoms with Gasteiger partial charge in [0.2, 0.25) is 0 Å². The maximum absolute atomic E-state index is 12.1. The van der Waals surface area contributed by atoms with Gasteiger partial charge in [0.25, 0.3) is 11.8 Å². The van der Waals surface area contributed by atoms with Gasteiger partial charge in [-0.2, -0.15) is 0 Å². The lowest BCUT2D eigenvalue weighted by atomic mass is 10.1. The van der Waals surface area contributed by atoms with Gasteiger partial charge in [-0.3, -0.25) is 14.5 Å². The van der Waals surface area contributed by atoms with Gasteiger partial charge >= 0.3 is 0 Å². The molecule has 2 amide bonds. The number of anilines is 1. The van der Waals surface area contributed by atoms with Crippen LogP contribution in [0.2, 0.25) is 4.47 Å². The van der Waals surface area contributed by atoms with Crippen LogP contribution in [0.5, 0.6) is 0 Å². The molecule has 3 rings (SSSR count). The number of hydrogen-bond donors (Lipinski definition) is 1. The van der Waals surface area contributed by atoms with Gasteiger partial charge in [0, 0.05) is 23.8 Å². The summed E-state index contributed by atoms with van der Waals surface area (Å²) >= 11 is 7.14. The SMILES string of the molecule is CN1C(=O)c2cccc(NCc3cnc(Cl)s3)c2C1=O. The Morgan fingerprint density at radius 1 is 1.35 bits per heavy atom. The van der Waals surface area contributed by atoms with Crippen molar-refractivity contribution < 1.29 is 9.59 Å². The standard InChI is InChI=1S/C13H10ClN3O2S/c1-17-11(18)8-3-2-4-9(10(8)12(17)19)15-5-7-6-16-13(14)20-7/h2-4,6,15H,5H2,1H3. The van der Waals surface area contributed by atoms with E-state index in [0.717, 1.165) is 9.78 Å². The van der Waals surface area contributed by atoms with Crippen LogP contribution in [-0.4, -0.2) is 28.7 Å². The number of nitrogens with one attached hydrogen (secondary N) is 1. The molecule has 0 radical (unpaired) electrons. The largest absolute Gasteiger partial charge is 0.379 e. The van der Waals surface area contributed by atoms with Crippen molar-refractivity contribution in [2.24, 2.45) is 0 Å². The summed E-state index contributed by atoms with van der Waals surface area (Å²) in [6.07, 6.45) is 1.68. The Balaban J connectivity index is 1.89. The molecule has 7 heteroatoms. The van der Waals surface area contributed by atoms with Crippen LogP contribution < -0.4 is 5.32 Å². The van der Waals surface area contributed by atoms with Gasteiger partial charge in [-0.25, -0.2) is 4.98 Å². The van der Waals surface area contributed by atoms with Crippen LogP contribution >= 0.6 is 22.9 Å². The summed E-state index contributed by atoms with van der Waals surface area (Å²) in [6.45, 7) is 0.506. The van der Waals surface area contributed by atoms with Gasteiger partial charge in [-0.1, -0.05) is 17.7 Å². The lowest BCUT2D eigenvalue weighted by molar-refractivity contribution is 0.0693. The summed E-state index contributed by atoms with van der Waals surface area (Å²) < 4.78 is 0.478. The molecule has 0 saturated heterocycles. The molecule has 1 aromatic heterocycles. The van der Waals surface area contributed by atoms with Crippen LogP contribution in [0.15, 0.2) is 24.4 Å². The third kappa shape index (κ3) is 2.07. The highest BCUT2D eigenvalue weighted by atomic mass is 35.5. The number of thiazole rings is 1. The first kappa shape index (κ1) is 13.1. The molecule has 0 atom stereocenters. The van der Waals surface area contributed by atoms with Crippen molar-refractivity contribution >= 4 is 40.4 Å². The first-order valence-corrected chi connectivity index (χ1v) is 7.07. The molecule has 1 aromatic carbocycles. The lowest BCUT2D eigenvalue weighted by Gasteiger charge is -2.08. The first-order valence-electron chi connectivity index (χ1n) is 5.87. The summed E-state index contributed by atoms with van der Waals surface area (Å²) in [6, 6.07) is 5.20. The summed E-state index contributed by atoms with van der Waals surface area (Å²) in [4.78, 5) is 30.0. The third-order valence-corrected chi connectivity index (χ3v) is 4.21. The number of aromatic nitrogens is 1. The fourth-order valence-electron chi connectivity index (χ4n) is 2.10. The minimum Gasteiger partial charge on any atom is -0.379 e. The number of carbonyl (C=O) groups excluding carboxylic acids is 2. The van der Waals surface area contributed by atoms with Crippen molar-refractivity contribution in [1.29, 1.82) is 0 Å². The maximum atomic E-state index is 12.1. The Labute approximate surface area is 124 Å². The number of carbonyl (C=O) groups is 2. The average Bonchev–Trinajstić information content (AvgIpc) is 2.95. The van der Waals surface area contributed by atoms with Crippen LogP contribution in [0.3, 0.4) is 0 Å². The van der Waals surface area contributed by atoms with E-state index in [1.165, 1.54) is 18.4 Å². The first-order chi connectivity index (χ1) is 9.58. The molecule has 0 aliphatic carbocycles. The summed E-state index contributed by atoms with van der Waals surface area (Å²) in [7, 11) is 1.48. The zero-order valence-corrected chi connectivity index (χ0v) is 12.1. The fourth-order valence-corrected chi connectivity index (χ4v) is 3.01. The average molecular weight is 308 g/mol. The molecule has 0 bridgehead atoms. The van der Waals surface area contributed by atoms with Gasteiger partial charge in [0.1, 0.15) is 0 Å². The van der Waals surface area contributed by atoms with Crippen LogP contribution in [0.25, 0.3) is 0 Å². The molecule has 5 nitrogen and oxygen atoms in total. The molecule has 1 N–H and O–H groups in total. The van der Waals surface area contributed by atoms with Crippen molar-refractivity contribution in [1.82, 2.24) is 9.88 Å². The second-order valence-corrected chi connectivity index (χ2v) is 6.03. The molecule has 2 aromatic rings. The number of imide groups is 1. The topological polar surface area (TPSA) is 62.3 Å². The van der Waals surface area contributed by atoms with Gasteiger partial charge < -0.3 is 5.32 Å². The number of halogens is 1. The molecule has 0 fully saturated rings. The van der Waals surface area contributed by atoms with Crippen LogP contribution in [-0.2, 0) is 6.54 Å². The normalized spacial score (nSPS) is 13.8. The quantitative estimate of drug-likeness (QED) is 0.886. The van der Waals surface area contributed by atoms with E-state index >= 15 is 0 Å². The van der Waals surface area contributed by atoms with E-state index in [9.17, 15) is 9.59 Å². The lowest BCUT2D eigenvalue weighted by Crippen LogP contribution is -2.24. The van der Waals surface area contributed by atoms with Gasteiger partial charge in [-0.05, 0) is 12.1 Å². The van der Waals surface area contributed by atoms with E-state index < -0.39 is 0 Å². The van der Waals surface area contributed by atoms with E-state index in [0.29, 0.717) is 27.8 Å². The molecule has 20 heavy (non-hydrogen) atoms. The molecule has 1 aliphatic rings. The number of fused-ring (bicyclic) bond motifs is 1. The van der Waals surface area contributed by atoms with Crippen molar-refractivity contribution in [2.75, 3.05) is 12.4 Å². The summed E-state index contributed by atoms with van der Waals surface area (Å²) in [5, 5.41) is 3.16. The van der Waals surface area contributed by atoms with E-state index in [1.54, 1.807) is 24.4 Å². The summed E-state index contributed by atoms with van der Waals surface area (Å²) in [5.74, 6) is -0.551. The second-order valence-electron chi connectivity index (χ2n) is 4.33. The number of amides is 2. The molecular formula is C13H10ClN3O2S. The maximum Gasteiger partial charge on any atom is 0.263 e. The number of nitrogens with zero attached hydrogens (tertiary/aromatic N) is 2. The number of rotatable bonds is 3. The van der Waals surface area contributed by atoms with Gasteiger partial charge in [-0.15, -0.1) is 11.3 Å².